The molecule has 1 aromatic carbocycles. The smallest absolute Gasteiger partial charge is 0.0406 e. The van der Waals surface area contributed by atoms with E-state index < -0.39 is 0 Å². The van der Waals surface area contributed by atoms with E-state index in [1.807, 2.05) is 12.1 Å². The van der Waals surface area contributed by atoms with Gasteiger partial charge in [0.2, 0.25) is 0 Å². The molecule has 0 aliphatic carbocycles. The lowest BCUT2D eigenvalue weighted by atomic mass is 9.85. The quantitative estimate of drug-likeness (QED) is 0.816. The molecule has 0 spiro atoms. The summed E-state index contributed by atoms with van der Waals surface area (Å²) in [6.45, 7) is 12.3. The maximum atomic E-state index is 5.89. The van der Waals surface area contributed by atoms with Gasteiger partial charge in [0, 0.05) is 17.1 Å². The number of nitrogens with one attached hydrogen (secondary N) is 1. The molecule has 0 atom stereocenters. The van der Waals surface area contributed by atoms with Crippen LogP contribution in [-0.4, -0.2) is 12.1 Å². The lowest BCUT2D eigenvalue weighted by Crippen LogP contribution is -2.42. The molecule has 0 amide bonds. The summed E-state index contributed by atoms with van der Waals surface area (Å²) in [7, 11) is 0. The van der Waals surface area contributed by atoms with Gasteiger partial charge in [0.05, 0.1) is 0 Å². The fraction of sp³-hybridized carbons (Fsp3) is 0.625. The fourth-order valence-corrected chi connectivity index (χ4v) is 1.85. The zero-order valence-corrected chi connectivity index (χ0v) is 13.1. The third-order valence-electron chi connectivity index (χ3n) is 3.10. The van der Waals surface area contributed by atoms with E-state index in [9.17, 15) is 0 Å². The van der Waals surface area contributed by atoms with Crippen molar-refractivity contribution in [2.45, 2.75) is 53.0 Å². The summed E-state index contributed by atoms with van der Waals surface area (Å²) in [5.41, 5.74) is 1.87. The van der Waals surface area contributed by atoms with E-state index in [-0.39, 0.29) is 5.54 Å². The van der Waals surface area contributed by atoms with Crippen molar-refractivity contribution in [2.24, 2.45) is 5.41 Å². The molecule has 1 nitrogen and oxygen atoms in total. The number of hydrogen-bond donors (Lipinski definition) is 1. The number of benzene rings is 1. The highest BCUT2D eigenvalue weighted by molar-refractivity contribution is 6.30. The zero-order valence-electron chi connectivity index (χ0n) is 12.3. The Labute approximate surface area is 117 Å². The van der Waals surface area contributed by atoms with Gasteiger partial charge in [0.15, 0.2) is 0 Å². The summed E-state index contributed by atoms with van der Waals surface area (Å²) in [6.07, 6.45) is 2.29. The van der Waals surface area contributed by atoms with E-state index in [1.54, 1.807) is 0 Å². The average molecular weight is 268 g/mol. The summed E-state index contributed by atoms with van der Waals surface area (Å²) < 4.78 is 0. The van der Waals surface area contributed by atoms with Crippen molar-refractivity contribution >= 4 is 11.6 Å². The van der Waals surface area contributed by atoms with Gasteiger partial charge in [-0.15, -0.1) is 0 Å². The highest BCUT2D eigenvalue weighted by atomic mass is 35.5. The van der Waals surface area contributed by atoms with Crippen molar-refractivity contribution in [3.8, 4) is 0 Å². The molecular weight excluding hydrogens is 242 g/mol. The molecule has 0 bridgehead atoms. The van der Waals surface area contributed by atoms with Crippen LogP contribution in [0.5, 0.6) is 0 Å². The minimum absolute atomic E-state index is 0.192. The Bertz CT molecular complexity index is 360. The van der Waals surface area contributed by atoms with Crippen LogP contribution in [0.4, 0.5) is 0 Å². The first-order valence-electron chi connectivity index (χ1n) is 6.67. The van der Waals surface area contributed by atoms with Crippen LogP contribution in [0.2, 0.25) is 5.02 Å². The van der Waals surface area contributed by atoms with Crippen LogP contribution in [0.1, 0.15) is 46.6 Å². The van der Waals surface area contributed by atoms with E-state index in [0.717, 1.165) is 18.0 Å². The Morgan fingerprint density at radius 2 is 1.56 bits per heavy atom. The van der Waals surface area contributed by atoms with Gasteiger partial charge < -0.3 is 5.32 Å². The second kappa shape index (κ2) is 6.08. The third-order valence-corrected chi connectivity index (χ3v) is 3.35. The maximum absolute atomic E-state index is 5.89. The molecule has 102 valence electrons. The fourth-order valence-electron chi connectivity index (χ4n) is 1.73. The molecule has 1 rings (SSSR count). The van der Waals surface area contributed by atoms with E-state index in [1.165, 1.54) is 12.0 Å². The van der Waals surface area contributed by atoms with Gasteiger partial charge in [-0.05, 0) is 56.7 Å². The first kappa shape index (κ1) is 15.5. The van der Waals surface area contributed by atoms with Gasteiger partial charge in [0.1, 0.15) is 0 Å². The lowest BCUT2D eigenvalue weighted by molar-refractivity contribution is 0.273. The van der Waals surface area contributed by atoms with E-state index in [0.29, 0.717) is 5.41 Å². The van der Waals surface area contributed by atoms with E-state index in [4.69, 9.17) is 11.6 Å². The second-order valence-electron chi connectivity index (χ2n) is 6.89. The van der Waals surface area contributed by atoms with E-state index >= 15 is 0 Å². The molecule has 1 N–H and O–H groups in total. The minimum Gasteiger partial charge on any atom is -0.312 e. The molecule has 0 aromatic heterocycles. The topological polar surface area (TPSA) is 12.0 Å². The Morgan fingerprint density at radius 1 is 1.00 bits per heavy atom. The van der Waals surface area contributed by atoms with Gasteiger partial charge in [-0.1, -0.05) is 37.6 Å². The van der Waals surface area contributed by atoms with Crippen LogP contribution in [-0.2, 0) is 6.42 Å². The van der Waals surface area contributed by atoms with Gasteiger partial charge in [-0.2, -0.15) is 0 Å². The van der Waals surface area contributed by atoms with Gasteiger partial charge in [0.25, 0.3) is 0 Å². The van der Waals surface area contributed by atoms with Crippen LogP contribution >= 0.6 is 11.6 Å². The third kappa shape index (κ3) is 6.42. The van der Waals surface area contributed by atoms with Crippen LogP contribution < -0.4 is 5.32 Å². The monoisotopic (exact) mass is 267 g/mol. The highest BCUT2D eigenvalue weighted by Crippen LogP contribution is 2.23. The van der Waals surface area contributed by atoms with Crippen molar-refractivity contribution in [1.29, 1.82) is 0 Å². The van der Waals surface area contributed by atoms with Crippen molar-refractivity contribution in [2.75, 3.05) is 6.54 Å². The van der Waals surface area contributed by atoms with Crippen LogP contribution in [0.3, 0.4) is 0 Å². The van der Waals surface area contributed by atoms with Gasteiger partial charge >= 0.3 is 0 Å². The van der Waals surface area contributed by atoms with Crippen molar-refractivity contribution in [1.82, 2.24) is 5.32 Å². The van der Waals surface area contributed by atoms with Gasteiger partial charge in [-0.25, -0.2) is 0 Å². The molecule has 0 heterocycles. The molecule has 0 unspecified atom stereocenters. The largest absolute Gasteiger partial charge is 0.312 e. The molecule has 0 aliphatic heterocycles. The number of hydrogen-bond acceptors (Lipinski definition) is 1. The molecule has 2 heteroatoms. The first-order chi connectivity index (χ1) is 8.18. The highest BCUT2D eigenvalue weighted by Gasteiger charge is 2.20. The van der Waals surface area contributed by atoms with Crippen LogP contribution in [0.25, 0.3) is 0 Å². The standard InChI is InChI=1S/C16H26ClN/c1-15(2,3)18-12-16(4,5)11-10-13-6-8-14(17)9-7-13/h6-9,18H,10-12H2,1-5H3. The summed E-state index contributed by atoms with van der Waals surface area (Å²) in [4.78, 5) is 0. The summed E-state index contributed by atoms with van der Waals surface area (Å²) in [5.74, 6) is 0. The van der Waals surface area contributed by atoms with Gasteiger partial charge in [-0.3, -0.25) is 0 Å². The molecular formula is C16H26ClN. The first-order valence-corrected chi connectivity index (χ1v) is 7.05. The Morgan fingerprint density at radius 3 is 2.06 bits per heavy atom. The number of rotatable bonds is 5. The Balaban J connectivity index is 2.43. The Hall–Kier alpha value is -0.530. The molecule has 0 fully saturated rings. The number of halogens is 1. The van der Waals surface area contributed by atoms with Crippen molar-refractivity contribution < 1.29 is 0 Å². The molecule has 18 heavy (non-hydrogen) atoms. The maximum Gasteiger partial charge on any atom is 0.0406 e. The molecule has 1 aromatic rings. The van der Waals surface area contributed by atoms with Crippen LogP contribution in [0.15, 0.2) is 24.3 Å². The minimum atomic E-state index is 0.192. The Kier molecular flexibility index (Phi) is 5.24. The summed E-state index contributed by atoms with van der Waals surface area (Å²) >= 11 is 5.89. The summed E-state index contributed by atoms with van der Waals surface area (Å²) in [5, 5.41) is 4.40. The zero-order chi connectivity index (χ0) is 13.8. The molecule has 0 saturated carbocycles. The molecule has 0 saturated heterocycles. The van der Waals surface area contributed by atoms with Crippen LogP contribution in [0, 0.1) is 5.41 Å². The van der Waals surface area contributed by atoms with E-state index in [2.05, 4.69) is 52.1 Å². The predicted octanol–water partition coefficient (Wildman–Crippen LogP) is 4.69. The van der Waals surface area contributed by atoms with Crippen molar-refractivity contribution in [3.05, 3.63) is 34.9 Å². The molecule has 0 aliphatic rings. The summed E-state index contributed by atoms with van der Waals surface area (Å²) in [6, 6.07) is 8.18. The molecule has 0 radical (unpaired) electrons. The lowest BCUT2D eigenvalue weighted by Gasteiger charge is -2.30. The normalized spacial score (nSPS) is 12.8. The second-order valence-corrected chi connectivity index (χ2v) is 7.33. The predicted molar refractivity (Wildman–Crippen MR) is 81.3 cm³/mol. The average Bonchev–Trinajstić information content (AvgIpc) is 2.25. The SMILES string of the molecule is CC(C)(CCc1ccc(Cl)cc1)CNC(C)(C)C. The number of aryl methyl sites for hydroxylation is 1. The van der Waals surface area contributed by atoms with Crippen molar-refractivity contribution in [3.63, 3.8) is 0 Å².